The molecular weight excluding hydrogens is 150 g/mol. The van der Waals surface area contributed by atoms with Gasteiger partial charge in [-0.05, 0) is 13.0 Å². The highest BCUT2D eigenvalue weighted by molar-refractivity contribution is 5.00. The average Bonchev–Trinajstić information content (AvgIpc) is 2.11. The monoisotopic (exact) mass is 171 g/mol. The summed E-state index contributed by atoms with van der Waals surface area (Å²) in [6, 6.07) is 5.07. The van der Waals surface area contributed by atoms with E-state index < -0.39 is 0 Å². The van der Waals surface area contributed by atoms with Crippen LogP contribution in [0.15, 0.2) is 23.0 Å². The Labute approximate surface area is 76.1 Å². The minimum atomic E-state index is -0.0370. The molecule has 0 atom stereocenters. The van der Waals surface area contributed by atoms with Gasteiger partial charge in [0, 0.05) is 13.2 Å². The van der Waals surface area contributed by atoms with E-state index in [-0.39, 0.29) is 6.99 Å². The first-order valence-electron chi connectivity index (χ1n) is 4.45. The summed E-state index contributed by atoms with van der Waals surface area (Å²) < 4.78 is 0. The summed E-state index contributed by atoms with van der Waals surface area (Å²) >= 11 is 0. The van der Waals surface area contributed by atoms with Crippen LogP contribution in [0.1, 0.15) is 34.8 Å². The predicted molar refractivity (Wildman–Crippen MR) is 56.6 cm³/mol. The maximum atomic E-state index is 10.4. The van der Waals surface area contributed by atoms with Crippen molar-refractivity contribution in [3.63, 3.8) is 0 Å². The Morgan fingerprint density at radius 2 is 1.67 bits per heavy atom. The minimum Gasteiger partial charge on any atom is -0.327 e. The van der Waals surface area contributed by atoms with Gasteiger partial charge in [0.05, 0.1) is 0 Å². The molecule has 12 heavy (non-hydrogen) atoms. The van der Waals surface area contributed by atoms with Crippen LogP contribution in [-0.4, -0.2) is 4.98 Å². The van der Waals surface area contributed by atoms with E-state index in [1.807, 2.05) is 40.7 Å². The van der Waals surface area contributed by atoms with E-state index in [9.17, 15) is 4.79 Å². The molecule has 0 aromatic carbocycles. The molecule has 0 aliphatic rings. The van der Waals surface area contributed by atoms with E-state index >= 15 is 0 Å². The van der Waals surface area contributed by atoms with Gasteiger partial charge in [-0.3, -0.25) is 4.79 Å². The second-order valence-corrected chi connectivity index (χ2v) is 1.70. The topological polar surface area (TPSA) is 32.9 Å². The van der Waals surface area contributed by atoms with Gasteiger partial charge >= 0.3 is 0 Å². The molecule has 2 heteroatoms. The maximum Gasteiger partial charge on any atom is 0.248 e. The lowest BCUT2D eigenvalue weighted by molar-refractivity contribution is 1.14. The second kappa shape index (κ2) is 9.95. The molecule has 1 heterocycles. The van der Waals surface area contributed by atoms with Crippen molar-refractivity contribution in [2.75, 3.05) is 0 Å². The molecule has 1 aromatic heterocycles. The first kappa shape index (κ1) is 13.5. The fourth-order valence-corrected chi connectivity index (χ4v) is 0.558. The number of aromatic amines is 1. The van der Waals surface area contributed by atoms with Crippen molar-refractivity contribution >= 4 is 0 Å². The van der Waals surface area contributed by atoms with E-state index in [0.717, 1.165) is 5.69 Å². The smallest absolute Gasteiger partial charge is 0.248 e. The van der Waals surface area contributed by atoms with Crippen molar-refractivity contribution in [2.45, 2.75) is 34.6 Å². The number of hydrogen-bond donors (Lipinski definition) is 1. The van der Waals surface area contributed by atoms with Crippen molar-refractivity contribution in [3.05, 3.63) is 34.2 Å². The molecule has 1 rings (SSSR count). The van der Waals surface area contributed by atoms with Gasteiger partial charge in [-0.1, -0.05) is 33.8 Å². The lowest BCUT2D eigenvalue weighted by Gasteiger charge is -1.84. The molecule has 72 valence electrons. The van der Waals surface area contributed by atoms with Crippen LogP contribution in [0.2, 0.25) is 0 Å². The van der Waals surface area contributed by atoms with E-state index in [0.29, 0.717) is 0 Å². The van der Waals surface area contributed by atoms with Gasteiger partial charge in [-0.2, -0.15) is 0 Å². The van der Waals surface area contributed by atoms with Crippen molar-refractivity contribution in [1.82, 2.24) is 4.98 Å². The van der Waals surface area contributed by atoms with Gasteiger partial charge in [0.1, 0.15) is 0 Å². The molecule has 0 saturated heterocycles. The van der Waals surface area contributed by atoms with E-state index in [4.69, 9.17) is 0 Å². The summed E-state index contributed by atoms with van der Waals surface area (Å²) in [7, 11) is 0. The average molecular weight is 171 g/mol. The summed E-state index contributed by atoms with van der Waals surface area (Å²) in [6.45, 7) is 9.85. The SMILES string of the molecule is CC.CC.Cc1cccc(=O)[nH]1.[HH]. The van der Waals surface area contributed by atoms with Crippen LogP contribution in [0.25, 0.3) is 0 Å². The third kappa shape index (κ3) is 7.06. The molecule has 0 bridgehead atoms. The maximum absolute atomic E-state index is 10.4. The summed E-state index contributed by atoms with van der Waals surface area (Å²) in [5.74, 6) is 0. The number of rotatable bonds is 0. The van der Waals surface area contributed by atoms with Crippen LogP contribution in [0.5, 0.6) is 0 Å². The van der Waals surface area contributed by atoms with Gasteiger partial charge in [-0.25, -0.2) is 0 Å². The second-order valence-electron chi connectivity index (χ2n) is 1.70. The van der Waals surface area contributed by atoms with Crippen molar-refractivity contribution < 1.29 is 1.43 Å². The number of aryl methyl sites for hydroxylation is 1. The first-order valence-corrected chi connectivity index (χ1v) is 4.45. The molecule has 0 amide bonds. The predicted octanol–water partition coefficient (Wildman–Crippen LogP) is 2.98. The number of hydrogen-bond acceptors (Lipinski definition) is 1. The number of H-pyrrole nitrogens is 1. The molecule has 0 radical (unpaired) electrons. The summed E-state index contributed by atoms with van der Waals surface area (Å²) in [5.41, 5.74) is 0.863. The molecule has 1 N–H and O–H groups in total. The van der Waals surface area contributed by atoms with Gasteiger partial charge in [0.15, 0.2) is 0 Å². The molecule has 0 saturated carbocycles. The summed E-state index contributed by atoms with van der Waals surface area (Å²) in [6.07, 6.45) is 0. The zero-order valence-corrected chi connectivity index (χ0v) is 8.64. The summed E-state index contributed by atoms with van der Waals surface area (Å²) in [5, 5.41) is 0. The third-order valence-electron chi connectivity index (χ3n) is 0.914. The van der Waals surface area contributed by atoms with E-state index in [2.05, 4.69) is 4.98 Å². The van der Waals surface area contributed by atoms with Gasteiger partial charge < -0.3 is 4.98 Å². The van der Waals surface area contributed by atoms with E-state index in [1.165, 1.54) is 6.07 Å². The Balaban J connectivity index is -0.000000178. The van der Waals surface area contributed by atoms with Crippen LogP contribution < -0.4 is 5.56 Å². The Kier molecular flexibility index (Phi) is 11.2. The van der Waals surface area contributed by atoms with Crippen molar-refractivity contribution in [3.8, 4) is 0 Å². The molecule has 1 aromatic rings. The number of aromatic nitrogens is 1. The highest BCUT2D eigenvalue weighted by atomic mass is 16.1. The molecule has 0 aliphatic carbocycles. The summed E-state index contributed by atoms with van der Waals surface area (Å²) in [4.78, 5) is 13.0. The van der Waals surface area contributed by atoms with E-state index in [1.54, 1.807) is 6.07 Å². The standard InChI is InChI=1S/C6H7NO.2C2H6.H2/c1-5-3-2-4-6(8)7-5;2*1-2;/h2-4H,1H3,(H,7,8);2*1-2H3;1H. The highest BCUT2D eigenvalue weighted by Crippen LogP contribution is 1.81. The Bertz CT molecular complexity index is 232. The fourth-order valence-electron chi connectivity index (χ4n) is 0.558. The minimum absolute atomic E-state index is 0. The zero-order valence-electron chi connectivity index (χ0n) is 8.64. The molecule has 0 unspecified atom stereocenters. The van der Waals surface area contributed by atoms with Crippen LogP contribution in [0.3, 0.4) is 0 Å². The number of nitrogens with one attached hydrogen (secondary N) is 1. The fraction of sp³-hybridized carbons (Fsp3) is 0.500. The van der Waals surface area contributed by atoms with Crippen LogP contribution in [0, 0.1) is 6.92 Å². The quantitative estimate of drug-likeness (QED) is 0.639. The van der Waals surface area contributed by atoms with Crippen LogP contribution in [0.4, 0.5) is 0 Å². The number of pyridine rings is 1. The lowest BCUT2D eigenvalue weighted by atomic mass is 10.4. The van der Waals surface area contributed by atoms with Gasteiger partial charge in [0.2, 0.25) is 5.56 Å². The van der Waals surface area contributed by atoms with Crippen LogP contribution >= 0.6 is 0 Å². The Morgan fingerprint density at radius 1 is 1.17 bits per heavy atom. The van der Waals surface area contributed by atoms with Crippen molar-refractivity contribution in [2.24, 2.45) is 0 Å². The molecule has 0 fully saturated rings. The van der Waals surface area contributed by atoms with Gasteiger partial charge in [0.25, 0.3) is 0 Å². The first-order chi connectivity index (χ1) is 5.79. The molecule has 0 spiro atoms. The molecular formula is C10H21NO. The highest BCUT2D eigenvalue weighted by Gasteiger charge is 1.79. The largest absolute Gasteiger partial charge is 0.327 e. The zero-order chi connectivity index (χ0) is 9.98. The Morgan fingerprint density at radius 3 is 1.92 bits per heavy atom. The molecule has 0 aliphatic heterocycles. The lowest BCUT2D eigenvalue weighted by Crippen LogP contribution is -2.02. The molecule has 2 nitrogen and oxygen atoms in total. The normalized spacial score (nSPS) is 7.08. The Hall–Kier alpha value is -1.05. The third-order valence-corrected chi connectivity index (χ3v) is 0.914. The van der Waals surface area contributed by atoms with Crippen molar-refractivity contribution in [1.29, 1.82) is 0 Å². The van der Waals surface area contributed by atoms with Crippen LogP contribution in [-0.2, 0) is 0 Å². The van der Waals surface area contributed by atoms with Gasteiger partial charge in [-0.15, -0.1) is 0 Å².